The fraction of sp³-hybridized carbons (Fsp3) is 0.462. The summed E-state index contributed by atoms with van der Waals surface area (Å²) in [6.07, 6.45) is 4.05. The van der Waals surface area contributed by atoms with Gasteiger partial charge in [-0.1, -0.05) is 11.6 Å². The van der Waals surface area contributed by atoms with Gasteiger partial charge in [-0.05, 0) is 43.9 Å². The number of benzene rings is 1. The molecule has 0 unspecified atom stereocenters. The van der Waals surface area contributed by atoms with Gasteiger partial charge in [0.2, 0.25) is 0 Å². The quantitative estimate of drug-likeness (QED) is 0.785. The lowest BCUT2D eigenvalue weighted by Crippen LogP contribution is -2.33. The van der Waals surface area contributed by atoms with Gasteiger partial charge in [-0.15, -0.1) is 0 Å². The lowest BCUT2D eigenvalue weighted by atomic mass is 9.91. The van der Waals surface area contributed by atoms with E-state index in [-0.39, 0.29) is 0 Å². The maximum atomic E-state index is 11.4. The van der Waals surface area contributed by atoms with Crippen LogP contribution in [-0.2, 0) is 0 Å². The standard InChI is InChI=1S/C13H18ClN3O/c14-8-1-6-12(11(7-8)13(16)18)17-10-4-2-9(15)3-5-10/h1,6-7,9-10,17H,2-5,15H2,(H2,16,18). The number of carbonyl (C=O) groups excluding carboxylic acids is 1. The molecule has 5 N–H and O–H groups in total. The van der Waals surface area contributed by atoms with Crippen molar-refractivity contribution < 1.29 is 4.79 Å². The lowest BCUT2D eigenvalue weighted by Gasteiger charge is -2.28. The largest absolute Gasteiger partial charge is 0.382 e. The lowest BCUT2D eigenvalue weighted by molar-refractivity contribution is 0.100. The van der Waals surface area contributed by atoms with Crippen LogP contribution in [0.2, 0.25) is 5.02 Å². The Labute approximate surface area is 112 Å². The summed E-state index contributed by atoms with van der Waals surface area (Å²) in [5.74, 6) is -0.465. The Bertz CT molecular complexity index is 442. The maximum Gasteiger partial charge on any atom is 0.250 e. The highest BCUT2D eigenvalue weighted by atomic mass is 35.5. The fourth-order valence-corrected chi connectivity index (χ4v) is 2.50. The van der Waals surface area contributed by atoms with Gasteiger partial charge in [0.25, 0.3) is 5.91 Å². The Morgan fingerprint density at radius 3 is 2.56 bits per heavy atom. The summed E-state index contributed by atoms with van der Waals surface area (Å²) < 4.78 is 0. The third-order valence-corrected chi connectivity index (χ3v) is 3.61. The minimum atomic E-state index is -0.465. The summed E-state index contributed by atoms with van der Waals surface area (Å²) >= 11 is 5.87. The minimum absolute atomic E-state index is 0.309. The van der Waals surface area contributed by atoms with Gasteiger partial charge in [0, 0.05) is 22.8 Å². The Morgan fingerprint density at radius 1 is 1.28 bits per heavy atom. The molecule has 4 nitrogen and oxygen atoms in total. The van der Waals surface area contributed by atoms with Crippen molar-refractivity contribution in [2.24, 2.45) is 11.5 Å². The number of carbonyl (C=O) groups is 1. The Kier molecular flexibility index (Phi) is 4.09. The number of hydrogen-bond donors (Lipinski definition) is 3. The van der Waals surface area contributed by atoms with Crippen LogP contribution in [0.15, 0.2) is 18.2 Å². The Balaban J connectivity index is 2.11. The van der Waals surface area contributed by atoms with Gasteiger partial charge in [0.1, 0.15) is 0 Å². The van der Waals surface area contributed by atoms with E-state index in [1.165, 1.54) is 0 Å². The van der Waals surface area contributed by atoms with E-state index in [0.29, 0.717) is 22.7 Å². The molecule has 0 radical (unpaired) electrons. The van der Waals surface area contributed by atoms with Crippen LogP contribution in [0, 0.1) is 0 Å². The van der Waals surface area contributed by atoms with Gasteiger partial charge in [-0.25, -0.2) is 0 Å². The summed E-state index contributed by atoms with van der Waals surface area (Å²) in [6, 6.07) is 5.82. The molecule has 1 aliphatic rings. The van der Waals surface area contributed by atoms with Crippen LogP contribution in [0.1, 0.15) is 36.0 Å². The molecule has 0 aliphatic heterocycles. The molecule has 1 aliphatic carbocycles. The van der Waals surface area contributed by atoms with Crippen LogP contribution < -0.4 is 16.8 Å². The molecule has 0 spiro atoms. The molecule has 0 saturated heterocycles. The van der Waals surface area contributed by atoms with Gasteiger partial charge in [-0.3, -0.25) is 4.79 Å². The zero-order valence-electron chi connectivity index (χ0n) is 10.2. The molecule has 0 heterocycles. The molecule has 1 aromatic rings. The third-order valence-electron chi connectivity index (χ3n) is 3.38. The van der Waals surface area contributed by atoms with Gasteiger partial charge in [0.15, 0.2) is 0 Å². The van der Waals surface area contributed by atoms with Crippen LogP contribution in [0.25, 0.3) is 0 Å². The normalized spacial score (nSPS) is 23.7. The number of nitrogens with one attached hydrogen (secondary N) is 1. The topological polar surface area (TPSA) is 81.1 Å². The first kappa shape index (κ1) is 13.2. The first-order valence-electron chi connectivity index (χ1n) is 6.17. The molecule has 98 valence electrons. The molecule has 0 aromatic heterocycles. The van der Waals surface area contributed by atoms with Crippen molar-refractivity contribution >= 4 is 23.2 Å². The van der Waals surface area contributed by atoms with Crippen LogP contribution in [-0.4, -0.2) is 18.0 Å². The van der Waals surface area contributed by atoms with E-state index in [0.717, 1.165) is 31.4 Å². The number of halogens is 1. The zero-order chi connectivity index (χ0) is 13.1. The highest BCUT2D eigenvalue weighted by Gasteiger charge is 2.19. The summed E-state index contributed by atoms with van der Waals surface area (Å²) in [5, 5.41) is 3.88. The second-order valence-corrected chi connectivity index (χ2v) is 5.25. The smallest absolute Gasteiger partial charge is 0.250 e. The van der Waals surface area contributed by atoms with Gasteiger partial charge in [0.05, 0.1) is 5.56 Å². The zero-order valence-corrected chi connectivity index (χ0v) is 10.9. The number of amides is 1. The van der Waals surface area contributed by atoms with Gasteiger partial charge >= 0.3 is 0 Å². The van der Waals surface area contributed by atoms with Gasteiger partial charge in [-0.2, -0.15) is 0 Å². The highest BCUT2D eigenvalue weighted by Crippen LogP contribution is 2.25. The molecule has 0 bridgehead atoms. The molecule has 2 rings (SSSR count). The SMILES string of the molecule is NC(=O)c1cc(Cl)ccc1NC1CCC(N)CC1. The first-order valence-corrected chi connectivity index (χ1v) is 6.55. The van der Waals surface area contributed by atoms with E-state index in [9.17, 15) is 4.79 Å². The monoisotopic (exact) mass is 267 g/mol. The van der Waals surface area contributed by atoms with E-state index in [4.69, 9.17) is 23.1 Å². The molecule has 1 saturated carbocycles. The van der Waals surface area contributed by atoms with Crippen molar-refractivity contribution in [2.45, 2.75) is 37.8 Å². The number of primary amides is 1. The number of anilines is 1. The summed E-state index contributed by atoms with van der Waals surface area (Å²) in [5.41, 5.74) is 12.4. The maximum absolute atomic E-state index is 11.4. The van der Waals surface area contributed by atoms with Crippen molar-refractivity contribution in [3.8, 4) is 0 Å². The summed E-state index contributed by atoms with van der Waals surface area (Å²) in [7, 11) is 0. The molecule has 0 atom stereocenters. The van der Waals surface area contributed by atoms with Crippen LogP contribution >= 0.6 is 11.6 Å². The molecule has 18 heavy (non-hydrogen) atoms. The number of rotatable bonds is 3. The first-order chi connectivity index (χ1) is 8.56. The molecular weight excluding hydrogens is 250 g/mol. The van der Waals surface area contributed by atoms with Crippen molar-refractivity contribution in [1.82, 2.24) is 0 Å². The van der Waals surface area contributed by atoms with Crippen molar-refractivity contribution in [3.05, 3.63) is 28.8 Å². The van der Waals surface area contributed by atoms with Crippen molar-refractivity contribution in [2.75, 3.05) is 5.32 Å². The van der Waals surface area contributed by atoms with Crippen molar-refractivity contribution in [1.29, 1.82) is 0 Å². The third kappa shape index (κ3) is 3.15. The second-order valence-electron chi connectivity index (χ2n) is 4.81. The predicted molar refractivity (Wildman–Crippen MR) is 73.8 cm³/mol. The fourth-order valence-electron chi connectivity index (χ4n) is 2.33. The molecule has 1 fully saturated rings. The van der Waals surface area contributed by atoms with E-state index in [1.54, 1.807) is 18.2 Å². The van der Waals surface area contributed by atoms with E-state index in [1.807, 2.05) is 0 Å². The predicted octanol–water partition coefficient (Wildman–Crippen LogP) is 2.12. The highest BCUT2D eigenvalue weighted by molar-refractivity contribution is 6.31. The average Bonchev–Trinajstić information content (AvgIpc) is 2.34. The number of hydrogen-bond acceptors (Lipinski definition) is 3. The van der Waals surface area contributed by atoms with Crippen LogP contribution in [0.3, 0.4) is 0 Å². The Morgan fingerprint density at radius 2 is 1.94 bits per heavy atom. The van der Waals surface area contributed by atoms with Crippen molar-refractivity contribution in [3.63, 3.8) is 0 Å². The minimum Gasteiger partial charge on any atom is -0.382 e. The second kappa shape index (κ2) is 5.59. The molecule has 1 amide bonds. The van der Waals surface area contributed by atoms with E-state index >= 15 is 0 Å². The Hall–Kier alpha value is -1.26. The number of nitrogens with two attached hydrogens (primary N) is 2. The molecule has 1 aromatic carbocycles. The van der Waals surface area contributed by atoms with E-state index in [2.05, 4.69) is 5.32 Å². The average molecular weight is 268 g/mol. The van der Waals surface area contributed by atoms with E-state index < -0.39 is 5.91 Å². The molecule has 5 heteroatoms. The van der Waals surface area contributed by atoms with Crippen LogP contribution in [0.4, 0.5) is 5.69 Å². The molecular formula is C13H18ClN3O. The van der Waals surface area contributed by atoms with Crippen LogP contribution in [0.5, 0.6) is 0 Å². The summed E-state index contributed by atoms with van der Waals surface area (Å²) in [4.78, 5) is 11.4. The summed E-state index contributed by atoms with van der Waals surface area (Å²) in [6.45, 7) is 0. The van der Waals surface area contributed by atoms with Gasteiger partial charge < -0.3 is 16.8 Å².